The zero-order chi connectivity index (χ0) is 20.1. The number of aromatic nitrogens is 1. The maximum atomic E-state index is 13.6. The van der Waals surface area contributed by atoms with Crippen LogP contribution in [0, 0.1) is 0 Å². The molecular weight excluding hydrogens is 377 g/mol. The number of hydrogen-bond acceptors (Lipinski definition) is 5. The summed E-state index contributed by atoms with van der Waals surface area (Å²) < 4.78 is 40.9. The number of nitrogens with zero attached hydrogens (tertiary/aromatic N) is 2. The number of carbonyl (C=O) groups is 3. The van der Waals surface area contributed by atoms with E-state index in [9.17, 15) is 27.6 Å². The fourth-order valence-corrected chi connectivity index (χ4v) is 2.98. The number of pyridine rings is 1. The maximum absolute atomic E-state index is 13.6. The van der Waals surface area contributed by atoms with Crippen molar-refractivity contribution in [2.45, 2.75) is 6.18 Å². The van der Waals surface area contributed by atoms with Crippen molar-refractivity contribution < 1.29 is 32.4 Å². The highest BCUT2D eigenvalue weighted by Crippen LogP contribution is 2.37. The van der Waals surface area contributed by atoms with Crippen LogP contribution in [-0.2, 0) is 11.0 Å². The van der Waals surface area contributed by atoms with E-state index in [1.807, 2.05) is 0 Å². The Morgan fingerprint density at radius 3 is 2.11 bits per heavy atom. The molecule has 6 nitrogen and oxygen atoms in total. The van der Waals surface area contributed by atoms with Gasteiger partial charge in [0.15, 0.2) is 0 Å². The molecule has 0 radical (unpaired) electrons. The summed E-state index contributed by atoms with van der Waals surface area (Å²) in [6.07, 6.45) is -4.18. The average Bonchev–Trinajstić information content (AvgIpc) is 2.91. The average molecular weight is 386 g/mol. The molecule has 1 aliphatic rings. The van der Waals surface area contributed by atoms with Gasteiger partial charge in [-0.2, -0.15) is 13.2 Å². The van der Waals surface area contributed by atoms with E-state index in [-0.39, 0.29) is 27.1 Å². The topological polar surface area (TPSA) is 76.6 Å². The van der Waals surface area contributed by atoms with Gasteiger partial charge in [-0.25, -0.2) is 4.79 Å². The summed E-state index contributed by atoms with van der Waals surface area (Å²) in [4.78, 5) is 45.5. The van der Waals surface area contributed by atoms with Crippen LogP contribution in [0.5, 0.6) is 0 Å². The highest BCUT2D eigenvalue weighted by molar-refractivity contribution is 6.21. The van der Waals surface area contributed by atoms with Crippen LogP contribution in [0.4, 0.5) is 13.2 Å². The normalized spacial score (nSPS) is 13.8. The van der Waals surface area contributed by atoms with Crippen molar-refractivity contribution in [1.82, 2.24) is 10.0 Å². The Morgan fingerprint density at radius 2 is 1.50 bits per heavy atom. The van der Waals surface area contributed by atoms with Gasteiger partial charge in [0.2, 0.25) is 0 Å². The Labute approximate surface area is 155 Å². The number of carbonyl (C=O) groups excluding carboxylic acids is 3. The number of rotatable bonds is 2. The van der Waals surface area contributed by atoms with Crippen LogP contribution in [0.25, 0.3) is 10.9 Å². The number of hydroxylamine groups is 2. The van der Waals surface area contributed by atoms with Gasteiger partial charge in [-0.1, -0.05) is 35.4 Å². The molecule has 0 fully saturated rings. The lowest BCUT2D eigenvalue weighted by atomic mass is 10.0. The molecule has 3 aromatic rings. The number of para-hydroxylation sites is 1. The van der Waals surface area contributed by atoms with Crippen molar-refractivity contribution in [3.05, 3.63) is 77.0 Å². The highest BCUT2D eigenvalue weighted by atomic mass is 19.4. The minimum absolute atomic E-state index is 0.00650. The van der Waals surface area contributed by atoms with Crippen molar-refractivity contribution in [3.8, 4) is 0 Å². The quantitative estimate of drug-likeness (QED) is 0.629. The molecule has 0 N–H and O–H groups in total. The molecule has 2 aromatic carbocycles. The van der Waals surface area contributed by atoms with Gasteiger partial charge in [-0.05, 0) is 18.2 Å². The molecule has 0 unspecified atom stereocenters. The van der Waals surface area contributed by atoms with Crippen LogP contribution in [-0.4, -0.2) is 27.8 Å². The van der Waals surface area contributed by atoms with Gasteiger partial charge in [0, 0.05) is 11.6 Å². The van der Waals surface area contributed by atoms with Crippen molar-refractivity contribution in [2.75, 3.05) is 0 Å². The zero-order valence-corrected chi connectivity index (χ0v) is 13.9. The molecule has 2 amide bonds. The molecule has 0 spiro atoms. The van der Waals surface area contributed by atoms with E-state index in [4.69, 9.17) is 4.84 Å². The van der Waals surface area contributed by atoms with Crippen LogP contribution in [0.3, 0.4) is 0 Å². The van der Waals surface area contributed by atoms with Crippen molar-refractivity contribution in [2.24, 2.45) is 0 Å². The number of hydrogen-bond donors (Lipinski definition) is 0. The molecule has 0 bridgehead atoms. The highest BCUT2D eigenvalue weighted by Gasteiger charge is 2.42. The number of amides is 2. The van der Waals surface area contributed by atoms with Crippen LogP contribution in [0.2, 0.25) is 0 Å². The number of halogens is 3. The first-order chi connectivity index (χ1) is 13.3. The number of fused-ring (bicyclic) bond motifs is 2. The van der Waals surface area contributed by atoms with E-state index in [2.05, 4.69) is 4.98 Å². The molecule has 140 valence electrons. The molecule has 0 saturated carbocycles. The first-order valence-corrected chi connectivity index (χ1v) is 7.94. The lowest BCUT2D eigenvalue weighted by Crippen LogP contribution is -2.33. The molecule has 0 atom stereocenters. The fourth-order valence-electron chi connectivity index (χ4n) is 2.98. The van der Waals surface area contributed by atoms with Gasteiger partial charge in [-0.3, -0.25) is 14.6 Å². The summed E-state index contributed by atoms with van der Waals surface area (Å²) >= 11 is 0. The minimum atomic E-state index is -4.89. The molecule has 28 heavy (non-hydrogen) atoms. The Hall–Kier alpha value is -3.75. The van der Waals surface area contributed by atoms with Crippen LogP contribution >= 0.6 is 0 Å². The molecule has 1 aliphatic heterocycles. The fraction of sp³-hybridized carbons (Fsp3) is 0.0526. The van der Waals surface area contributed by atoms with Crippen LogP contribution in [0.1, 0.15) is 36.6 Å². The van der Waals surface area contributed by atoms with Gasteiger partial charge in [0.25, 0.3) is 11.8 Å². The molecular formula is C19H9F3N2O4. The Bertz CT molecular complexity index is 1120. The van der Waals surface area contributed by atoms with Crippen molar-refractivity contribution in [3.63, 3.8) is 0 Å². The van der Waals surface area contributed by atoms with Gasteiger partial charge < -0.3 is 4.84 Å². The lowest BCUT2D eigenvalue weighted by Gasteiger charge is -2.17. The third-order valence-electron chi connectivity index (χ3n) is 4.21. The minimum Gasteiger partial charge on any atom is -0.324 e. The van der Waals surface area contributed by atoms with Gasteiger partial charge in [0.1, 0.15) is 0 Å². The first-order valence-electron chi connectivity index (χ1n) is 7.94. The maximum Gasteiger partial charge on any atom is 0.417 e. The van der Waals surface area contributed by atoms with E-state index >= 15 is 0 Å². The van der Waals surface area contributed by atoms with Gasteiger partial charge >= 0.3 is 12.1 Å². The second kappa shape index (κ2) is 6.15. The van der Waals surface area contributed by atoms with E-state index in [0.717, 1.165) is 0 Å². The van der Waals surface area contributed by atoms with Gasteiger partial charge in [0.05, 0.1) is 27.8 Å². The smallest absolute Gasteiger partial charge is 0.324 e. The third kappa shape index (κ3) is 2.68. The third-order valence-corrected chi connectivity index (χ3v) is 4.21. The molecule has 0 saturated heterocycles. The molecule has 1 aromatic heterocycles. The van der Waals surface area contributed by atoms with Crippen molar-refractivity contribution >= 4 is 28.7 Å². The Kier molecular flexibility index (Phi) is 3.88. The second-order valence-corrected chi connectivity index (χ2v) is 5.89. The molecule has 0 aliphatic carbocycles. The van der Waals surface area contributed by atoms with Crippen LogP contribution < -0.4 is 0 Å². The number of benzene rings is 2. The summed E-state index contributed by atoms with van der Waals surface area (Å²) in [7, 11) is 0. The zero-order valence-electron chi connectivity index (χ0n) is 13.9. The largest absolute Gasteiger partial charge is 0.417 e. The Morgan fingerprint density at radius 1 is 0.929 bits per heavy atom. The number of imide groups is 1. The predicted octanol–water partition coefficient (Wildman–Crippen LogP) is 3.62. The summed E-state index contributed by atoms with van der Waals surface area (Å²) in [5.74, 6) is -3.38. The second-order valence-electron chi connectivity index (χ2n) is 5.89. The molecule has 4 rings (SSSR count). The SMILES string of the molecule is O=C(ON1C(=O)c2ccccc2C1=O)c1cnc2ccccc2c1C(F)(F)F. The Balaban J connectivity index is 1.75. The monoisotopic (exact) mass is 386 g/mol. The standard InChI is InChI=1S/C19H9F3N2O4/c20-19(21,22)15-12-7-3-4-8-14(12)23-9-13(15)18(27)28-24-16(25)10-5-1-2-6-11(10)17(24)26/h1-9H. The predicted molar refractivity (Wildman–Crippen MR) is 89.1 cm³/mol. The first kappa shape index (κ1) is 17.7. The van der Waals surface area contributed by atoms with Crippen molar-refractivity contribution in [1.29, 1.82) is 0 Å². The summed E-state index contributed by atoms with van der Waals surface area (Å²) in [5, 5.41) is -0.144. The number of alkyl halides is 3. The summed E-state index contributed by atoms with van der Waals surface area (Å²) in [6.45, 7) is 0. The molecule has 2 heterocycles. The van der Waals surface area contributed by atoms with Crippen LogP contribution in [0.15, 0.2) is 54.7 Å². The van der Waals surface area contributed by atoms with Gasteiger partial charge in [-0.15, -0.1) is 0 Å². The van der Waals surface area contributed by atoms with E-state index in [1.165, 1.54) is 48.5 Å². The summed E-state index contributed by atoms with van der Waals surface area (Å²) in [5.41, 5.74) is -2.13. The summed E-state index contributed by atoms with van der Waals surface area (Å²) in [6, 6.07) is 11.1. The van der Waals surface area contributed by atoms with E-state index < -0.39 is 35.1 Å². The van der Waals surface area contributed by atoms with E-state index in [0.29, 0.717) is 6.20 Å². The van der Waals surface area contributed by atoms with E-state index in [1.54, 1.807) is 0 Å². The lowest BCUT2D eigenvalue weighted by molar-refractivity contribution is -0.137. The molecule has 9 heteroatoms.